The molecule has 18 heavy (non-hydrogen) atoms. The van der Waals surface area contributed by atoms with Crippen molar-refractivity contribution >= 4 is 17.1 Å². The average molecular weight is 266 g/mol. The molecule has 3 heterocycles. The third kappa shape index (κ3) is 2.13. The topological polar surface area (TPSA) is 35.5 Å². The number of ether oxygens (including phenoxy) is 2. The molecule has 0 saturated carbocycles. The van der Waals surface area contributed by atoms with Crippen molar-refractivity contribution in [2.75, 3.05) is 19.8 Å². The molecule has 1 aromatic rings. The zero-order valence-corrected chi connectivity index (χ0v) is 11.4. The summed E-state index contributed by atoms with van der Waals surface area (Å²) in [6, 6.07) is 2.02. The summed E-state index contributed by atoms with van der Waals surface area (Å²) in [6.45, 7) is 4.11. The Hall–Kier alpha value is -0.710. The van der Waals surface area contributed by atoms with Crippen LogP contribution in [0.25, 0.3) is 0 Å². The lowest BCUT2D eigenvalue weighted by Gasteiger charge is -2.36. The van der Waals surface area contributed by atoms with E-state index in [0.29, 0.717) is 19.0 Å². The number of rotatable bonds is 2. The molecule has 4 heteroatoms. The van der Waals surface area contributed by atoms with E-state index >= 15 is 0 Å². The minimum Gasteiger partial charge on any atom is -0.378 e. The second-order valence-corrected chi connectivity index (χ2v) is 6.24. The normalized spacial score (nSPS) is 31.9. The zero-order chi connectivity index (χ0) is 12.6. The van der Waals surface area contributed by atoms with Gasteiger partial charge < -0.3 is 9.47 Å². The molecule has 98 valence electrons. The van der Waals surface area contributed by atoms with Crippen LogP contribution in [0.15, 0.2) is 11.4 Å². The monoisotopic (exact) mass is 266 g/mol. The van der Waals surface area contributed by atoms with Crippen molar-refractivity contribution in [3.05, 3.63) is 21.9 Å². The molecule has 2 aliphatic rings. The number of carbonyl (C=O) groups is 1. The maximum atomic E-state index is 12.5. The summed E-state index contributed by atoms with van der Waals surface area (Å²) in [6.07, 6.45) is 2.60. The summed E-state index contributed by atoms with van der Waals surface area (Å²) < 4.78 is 11.3. The van der Waals surface area contributed by atoms with Gasteiger partial charge in [-0.05, 0) is 36.8 Å². The van der Waals surface area contributed by atoms with Crippen molar-refractivity contribution in [2.24, 2.45) is 5.92 Å². The van der Waals surface area contributed by atoms with Crippen molar-refractivity contribution in [3.63, 3.8) is 0 Å². The maximum Gasteiger partial charge on any atom is 0.176 e. The largest absolute Gasteiger partial charge is 0.378 e. The number of hydrogen-bond donors (Lipinski definition) is 0. The Morgan fingerprint density at radius 3 is 3.06 bits per heavy atom. The minimum atomic E-state index is -0.177. The van der Waals surface area contributed by atoms with E-state index in [4.69, 9.17) is 9.47 Å². The van der Waals surface area contributed by atoms with Gasteiger partial charge in [0.2, 0.25) is 0 Å². The quantitative estimate of drug-likeness (QED) is 0.772. The second kappa shape index (κ2) is 4.76. The lowest BCUT2D eigenvalue weighted by molar-refractivity contribution is -0.0920. The van der Waals surface area contributed by atoms with E-state index in [1.807, 2.05) is 18.4 Å². The number of carbonyl (C=O) groups excluding carboxylic acids is 1. The molecule has 2 fully saturated rings. The second-order valence-electron chi connectivity index (χ2n) is 5.32. The Morgan fingerprint density at radius 1 is 1.50 bits per heavy atom. The highest BCUT2D eigenvalue weighted by Crippen LogP contribution is 2.37. The Bertz CT molecular complexity index is 446. The van der Waals surface area contributed by atoms with Crippen molar-refractivity contribution in [3.8, 4) is 0 Å². The fraction of sp³-hybridized carbons (Fsp3) is 0.643. The van der Waals surface area contributed by atoms with Gasteiger partial charge in [-0.2, -0.15) is 0 Å². The predicted molar refractivity (Wildman–Crippen MR) is 70.2 cm³/mol. The molecule has 0 N–H and O–H groups in total. The molecule has 2 aliphatic heterocycles. The van der Waals surface area contributed by atoms with Gasteiger partial charge in [0.1, 0.15) is 0 Å². The van der Waals surface area contributed by atoms with Gasteiger partial charge in [-0.15, -0.1) is 11.3 Å². The van der Waals surface area contributed by atoms with E-state index < -0.39 is 0 Å². The van der Waals surface area contributed by atoms with Crippen molar-refractivity contribution in [1.82, 2.24) is 0 Å². The van der Waals surface area contributed by atoms with Gasteiger partial charge >= 0.3 is 0 Å². The lowest BCUT2D eigenvalue weighted by atomic mass is 9.82. The van der Waals surface area contributed by atoms with Gasteiger partial charge in [0.25, 0.3) is 0 Å². The average Bonchev–Trinajstić information content (AvgIpc) is 2.98. The lowest BCUT2D eigenvalue weighted by Crippen LogP contribution is -2.42. The highest BCUT2D eigenvalue weighted by atomic mass is 32.1. The molecule has 0 aliphatic carbocycles. The minimum absolute atomic E-state index is 0.109. The van der Waals surface area contributed by atoms with Crippen LogP contribution >= 0.6 is 11.3 Å². The maximum absolute atomic E-state index is 12.5. The van der Waals surface area contributed by atoms with Crippen LogP contribution in [0.4, 0.5) is 0 Å². The van der Waals surface area contributed by atoms with Crippen molar-refractivity contribution < 1.29 is 14.3 Å². The standard InChI is InChI=1S/C14H18O3S/c1-10-3-7-18-13(10)12(15)11-2-5-17-14(8-11)4-6-16-9-14/h3,7,11H,2,4-6,8-9H2,1H3. The fourth-order valence-electron chi connectivity index (χ4n) is 2.93. The van der Waals surface area contributed by atoms with E-state index in [0.717, 1.165) is 36.3 Å². The third-order valence-corrected chi connectivity index (χ3v) is 5.05. The summed E-state index contributed by atoms with van der Waals surface area (Å²) in [7, 11) is 0. The molecule has 3 nitrogen and oxygen atoms in total. The first-order valence-electron chi connectivity index (χ1n) is 6.50. The van der Waals surface area contributed by atoms with Gasteiger partial charge in [0, 0.05) is 25.6 Å². The highest BCUT2D eigenvalue weighted by Gasteiger charge is 2.43. The molecule has 0 radical (unpaired) electrons. The summed E-state index contributed by atoms with van der Waals surface area (Å²) >= 11 is 1.56. The van der Waals surface area contributed by atoms with Crippen LogP contribution in [-0.4, -0.2) is 31.2 Å². The summed E-state index contributed by atoms with van der Waals surface area (Å²) in [5.41, 5.74) is 0.928. The fourth-order valence-corrected chi connectivity index (χ4v) is 3.87. The van der Waals surface area contributed by atoms with Crippen molar-refractivity contribution in [1.29, 1.82) is 0 Å². The molecular weight excluding hydrogens is 248 g/mol. The summed E-state index contributed by atoms with van der Waals surface area (Å²) in [5.74, 6) is 0.412. The molecule has 3 rings (SSSR count). The SMILES string of the molecule is Cc1ccsc1C(=O)C1CCOC2(CCOC2)C1. The van der Waals surface area contributed by atoms with E-state index in [1.165, 1.54) is 0 Å². The van der Waals surface area contributed by atoms with Gasteiger partial charge in [-0.3, -0.25) is 4.79 Å². The number of aryl methyl sites for hydroxylation is 1. The molecule has 2 unspecified atom stereocenters. The van der Waals surface area contributed by atoms with Crippen LogP contribution in [-0.2, 0) is 9.47 Å². The Morgan fingerprint density at radius 2 is 2.39 bits per heavy atom. The Labute approximate surface area is 111 Å². The molecule has 0 amide bonds. The van der Waals surface area contributed by atoms with Crippen LogP contribution in [0.3, 0.4) is 0 Å². The van der Waals surface area contributed by atoms with Crippen molar-refractivity contribution in [2.45, 2.75) is 31.8 Å². The van der Waals surface area contributed by atoms with Gasteiger partial charge in [-0.1, -0.05) is 0 Å². The Kier molecular flexibility index (Phi) is 3.26. The zero-order valence-electron chi connectivity index (χ0n) is 10.6. The summed E-state index contributed by atoms with van der Waals surface area (Å²) in [5, 5.41) is 2.00. The van der Waals surface area contributed by atoms with Gasteiger partial charge in [0.15, 0.2) is 5.78 Å². The van der Waals surface area contributed by atoms with E-state index in [9.17, 15) is 4.79 Å². The van der Waals surface area contributed by atoms with Crippen LogP contribution < -0.4 is 0 Å². The molecule has 0 bridgehead atoms. The van der Waals surface area contributed by atoms with Crippen LogP contribution in [0.5, 0.6) is 0 Å². The molecular formula is C14H18O3S. The summed E-state index contributed by atoms with van der Waals surface area (Å²) in [4.78, 5) is 13.5. The van der Waals surface area contributed by atoms with E-state index in [-0.39, 0.29) is 11.5 Å². The number of thiophene rings is 1. The van der Waals surface area contributed by atoms with Crippen LogP contribution in [0, 0.1) is 12.8 Å². The molecule has 2 atom stereocenters. The molecule has 1 aromatic heterocycles. The van der Waals surface area contributed by atoms with Gasteiger partial charge in [-0.25, -0.2) is 0 Å². The predicted octanol–water partition coefficient (Wildman–Crippen LogP) is 2.82. The first-order valence-corrected chi connectivity index (χ1v) is 7.38. The first kappa shape index (κ1) is 12.3. The number of Topliss-reactive ketones (excluding diaryl/α,β-unsaturated/α-hetero) is 1. The molecule has 0 aromatic carbocycles. The smallest absolute Gasteiger partial charge is 0.176 e. The van der Waals surface area contributed by atoms with E-state index in [2.05, 4.69) is 0 Å². The van der Waals surface area contributed by atoms with Gasteiger partial charge in [0.05, 0.1) is 17.1 Å². The highest BCUT2D eigenvalue weighted by molar-refractivity contribution is 7.12. The Balaban J connectivity index is 1.76. The van der Waals surface area contributed by atoms with E-state index in [1.54, 1.807) is 11.3 Å². The number of ketones is 1. The van der Waals surface area contributed by atoms with Crippen LogP contribution in [0.2, 0.25) is 0 Å². The first-order chi connectivity index (χ1) is 8.70. The molecule has 2 saturated heterocycles. The molecule has 1 spiro atoms. The third-order valence-electron chi connectivity index (χ3n) is 4.02. The number of hydrogen-bond acceptors (Lipinski definition) is 4. The van der Waals surface area contributed by atoms with Crippen LogP contribution in [0.1, 0.15) is 34.5 Å².